The monoisotopic (exact) mass is 500 g/mol. The predicted molar refractivity (Wildman–Crippen MR) is 148 cm³/mol. The molecule has 0 aliphatic heterocycles. The maximum Gasteiger partial charge on any atom is 0.397 e. The molecular weight excluding hydrogens is 444 g/mol. The predicted octanol–water partition coefficient (Wildman–Crippen LogP) is 6.58. The van der Waals surface area contributed by atoms with Crippen LogP contribution in [0.3, 0.4) is 0 Å². The summed E-state index contributed by atoms with van der Waals surface area (Å²) >= 11 is 0. The molecule has 0 aliphatic carbocycles. The fourth-order valence-electron chi connectivity index (χ4n) is 1.43. The Bertz CT molecular complexity index is 335. The highest BCUT2D eigenvalue weighted by molar-refractivity contribution is 7.80. The average Bonchev–Trinajstić information content (AvgIpc) is 2.87. The van der Waals surface area contributed by atoms with Gasteiger partial charge in [-0.2, -0.15) is 8.42 Å². The summed E-state index contributed by atoms with van der Waals surface area (Å²) in [5, 5.41) is 15.2. The number of rotatable bonds is 12. The highest BCUT2D eigenvalue weighted by Crippen LogP contribution is 2.07. The molecular formula is C25H56O7S. The molecule has 0 aromatic rings. The number of ether oxygens (including phenoxy) is 1. The summed E-state index contributed by atoms with van der Waals surface area (Å²) in [5.74, 6) is 0. The molecule has 0 aliphatic rings. The van der Waals surface area contributed by atoms with Crippen molar-refractivity contribution in [1.29, 1.82) is 0 Å². The van der Waals surface area contributed by atoms with E-state index in [1.807, 2.05) is 13.8 Å². The zero-order valence-corrected chi connectivity index (χ0v) is 22.8. The van der Waals surface area contributed by atoms with Gasteiger partial charge in [0, 0.05) is 13.2 Å². The third-order valence-corrected chi connectivity index (χ3v) is 2.95. The first kappa shape index (κ1) is 53.0. The van der Waals surface area contributed by atoms with E-state index < -0.39 is 10.4 Å². The van der Waals surface area contributed by atoms with Crippen molar-refractivity contribution in [3.8, 4) is 0 Å². The maximum absolute atomic E-state index is 10.1. The first-order valence-electron chi connectivity index (χ1n) is 10.8. The summed E-state index contributed by atoms with van der Waals surface area (Å²) < 4.78 is 37.5. The van der Waals surface area contributed by atoms with E-state index in [1.165, 1.54) is 25.7 Å². The second-order valence-electron chi connectivity index (χ2n) is 4.60. The second kappa shape index (κ2) is 77.6. The first-order valence-corrected chi connectivity index (χ1v) is 12.2. The van der Waals surface area contributed by atoms with Crippen molar-refractivity contribution in [1.82, 2.24) is 0 Å². The van der Waals surface area contributed by atoms with Gasteiger partial charge in [-0.05, 0) is 20.3 Å². The van der Waals surface area contributed by atoms with Gasteiger partial charge in [0.15, 0.2) is 0 Å². The quantitative estimate of drug-likeness (QED) is 0.157. The molecule has 0 radical (unpaired) electrons. The zero-order chi connectivity index (χ0) is 28.4. The van der Waals surface area contributed by atoms with E-state index in [-0.39, 0.29) is 19.8 Å². The summed E-state index contributed by atoms with van der Waals surface area (Å²) in [6, 6.07) is 0. The van der Waals surface area contributed by atoms with Crippen LogP contribution in [-0.2, 0) is 19.3 Å². The molecule has 204 valence electrons. The minimum absolute atomic E-state index is 0.0899. The molecule has 0 fully saturated rings. The standard InChI is InChI=1S/C9H20O4S.C4H10O.C2H6O2.5C2H4/c1-2-3-4-5-6-7-8-9-13-14(10,11)12;1-3-5-4-2;3-1-2-4;5*1-2/h2-9H2,1H3,(H,10,11,12);3-4H2,1-2H3;3-4H,1-2H2;5*1-2H2. The van der Waals surface area contributed by atoms with Gasteiger partial charge in [-0.25, -0.2) is 4.18 Å². The minimum Gasteiger partial charge on any atom is -0.394 e. The summed E-state index contributed by atoms with van der Waals surface area (Å²) in [6.45, 7) is 37.7. The molecule has 3 N–H and O–H groups in total. The van der Waals surface area contributed by atoms with Crippen LogP contribution >= 0.6 is 0 Å². The fourth-order valence-corrected chi connectivity index (χ4v) is 1.76. The highest BCUT2D eigenvalue weighted by atomic mass is 32.3. The summed E-state index contributed by atoms with van der Waals surface area (Å²) in [7, 11) is -4.23. The van der Waals surface area contributed by atoms with Gasteiger partial charge in [0.25, 0.3) is 0 Å². The summed E-state index contributed by atoms with van der Waals surface area (Å²) in [4.78, 5) is 0. The normalized spacial score (nSPS) is 7.82. The molecule has 0 spiro atoms. The molecule has 0 aromatic carbocycles. The van der Waals surface area contributed by atoms with E-state index in [2.05, 4.69) is 76.9 Å². The maximum atomic E-state index is 10.1. The molecule has 8 heteroatoms. The van der Waals surface area contributed by atoms with Crippen LogP contribution < -0.4 is 0 Å². The number of hydrogen-bond donors (Lipinski definition) is 3. The molecule has 0 rings (SSSR count). The highest BCUT2D eigenvalue weighted by Gasteiger charge is 2.02. The molecule has 0 saturated carbocycles. The SMILES string of the molecule is C=C.C=C.C=C.C=C.C=C.CCCCCCCCCOS(=O)(=O)O.CCOCC.OCCO. The molecule has 0 aromatic heterocycles. The van der Waals surface area contributed by atoms with Crippen LogP contribution in [0.5, 0.6) is 0 Å². The lowest BCUT2D eigenvalue weighted by Gasteiger charge is -2.00. The molecule has 0 saturated heterocycles. The van der Waals surface area contributed by atoms with E-state index in [0.29, 0.717) is 6.42 Å². The van der Waals surface area contributed by atoms with Gasteiger partial charge in [-0.15, -0.1) is 65.8 Å². The number of aliphatic hydroxyl groups is 2. The Kier molecular flexibility index (Phi) is 125. The Morgan fingerprint density at radius 1 is 0.606 bits per heavy atom. The van der Waals surface area contributed by atoms with Gasteiger partial charge in [0.1, 0.15) is 0 Å². The third-order valence-electron chi connectivity index (χ3n) is 2.49. The van der Waals surface area contributed by atoms with Gasteiger partial charge < -0.3 is 14.9 Å². The van der Waals surface area contributed by atoms with Gasteiger partial charge in [0.2, 0.25) is 0 Å². The molecule has 7 nitrogen and oxygen atoms in total. The lowest BCUT2D eigenvalue weighted by atomic mass is 10.1. The van der Waals surface area contributed by atoms with Gasteiger partial charge in [-0.1, -0.05) is 45.4 Å². The van der Waals surface area contributed by atoms with Crippen molar-refractivity contribution in [2.75, 3.05) is 33.0 Å². The molecule has 0 unspecified atom stereocenters. The Morgan fingerprint density at radius 2 is 0.909 bits per heavy atom. The summed E-state index contributed by atoms with van der Waals surface area (Å²) in [5.41, 5.74) is 0. The Balaban J connectivity index is -0.0000000455. The number of hydrogen-bond acceptors (Lipinski definition) is 6. The lowest BCUT2D eigenvalue weighted by molar-refractivity contribution is 0.162. The van der Waals surface area contributed by atoms with E-state index in [9.17, 15) is 8.42 Å². The molecule has 33 heavy (non-hydrogen) atoms. The van der Waals surface area contributed by atoms with Crippen molar-refractivity contribution >= 4 is 10.4 Å². The van der Waals surface area contributed by atoms with Crippen LogP contribution in [0, 0.1) is 0 Å². The van der Waals surface area contributed by atoms with Crippen molar-refractivity contribution < 1.29 is 32.1 Å². The minimum atomic E-state index is -4.23. The van der Waals surface area contributed by atoms with Crippen molar-refractivity contribution in [2.45, 2.75) is 65.7 Å². The number of aliphatic hydroxyl groups excluding tert-OH is 2. The Labute approximate surface area is 207 Å². The second-order valence-corrected chi connectivity index (χ2v) is 5.69. The van der Waals surface area contributed by atoms with E-state index in [4.69, 9.17) is 19.5 Å². The van der Waals surface area contributed by atoms with Gasteiger partial charge in [0.05, 0.1) is 19.8 Å². The van der Waals surface area contributed by atoms with Gasteiger partial charge in [-0.3, -0.25) is 4.55 Å². The van der Waals surface area contributed by atoms with Crippen LogP contribution in [0.4, 0.5) is 0 Å². The van der Waals surface area contributed by atoms with Crippen LogP contribution in [0.15, 0.2) is 65.8 Å². The first-order chi connectivity index (χ1) is 15.9. The van der Waals surface area contributed by atoms with Crippen LogP contribution in [0.2, 0.25) is 0 Å². The fraction of sp³-hybridized carbons (Fsp3) is 0.600. The Hall–Kier alpha value is -1.55. The largest absolute Gasteiger partial charge is 0.397 e. The zero-order valence-electron chi connectivity index (χ0n) is 21.9. The molecule has 0 heterocycles. The van der Waals surface area contributed by atoms with Crippen molar-refractivity contribution in [3.05, 3.63) is 65.8 Å². The molecule has 0 amide bonds. The van der Waals surface area contributed by atoms with Crippen molar-refractivity contribution in [3.63, 3.8) is 0 Å². The molecule has 0 atom stereocenters. The summed E-state index contributed by atoms with van der Waals surface area (Å²) in [6.07, 6.45) is 7.68. The topological polar surface area (TPSA) is 113 Å². The average molecular weight is 501 g/mol. The third kappa shape index (κ3) is 159. The smallest absolute Gasteiger partial charge is 0.394 e. The number of unbranched alkanes of at least 4 members (excludes halogenated alkanes) is 6. The van der Waals surface area contributed by atoms with Crippen LogP contribution in [0.1, 0.15) is 65.7 Å². The van der Waals surface area contributed by atoms with E-state index in [0.717, 1.165) is 26.1 Å². The lowest BCUT2D eigenvalue weighted by Crippen LogP contribution is -2.04. The van der Waals surface area contributed by atoms with E-state index in [1.54, 1.807) is 0 Å². The molecule has 0 bridgehead atoms. The van der Waals surface area contributed by atoms with Crippen molar-refractivity contribution in [2.24, 2.45) is 0 Å². The Morgan fingerprint density at radius 3 is 1.12 bits per heavy atom. The van der Waals surface area contributed by atoms with Crippen LogP contribution in [0.25, 0.3) is 0 Å². The van der Waals surface area contributed by atoms with Gasteiger partial charge >= 0.3 is 10.4 Å². The van der Waals surface area contributed by atoms with Crippen LogP contribution in [-0.4, -0.2) is 56.2 Å². The van der Waals surface area contributed by atoms with E-state index >= 15 is 0 Å².